The van der Waals surface area contributed by atoms with E-state index in [2.05, 4.69) is 17.3 Å². The largest absolute Gasteiger partial charge is 0.341 e. The van der Waals surface area contributed by atoms with Crippen molar-refractivity contribution in [3.63, 3.8) is 0 Å². The average Bonchev–Trinajstić information content (AvgIpc) is 2.94. The number of piperazine rings is 1. The van der Waals surface area contributed by atoms with Crippen molar-refractivity contribution < 1.29 is 19.2 Å². The lowest BCUT2D eigenvalue weighted by molar-refractivity contribution is -0.142. The highest BCUT2D eigenvalue weighted by atomic mass is 16.2. The van der Waals surface area contributed by atoms with E-state index >= 15 is 0 Å². The van der Waals surface area contributed by atoms with Crippen LogP contribution in [0.1, 0.15) is 12.8 Å². The Labute approximate surface area is 146 Å². The zero-order chi connectivity index (χ0) is 18.0. The molecule has 138 valence electrons. The molecule has 3 aliphatic rings. The van der Waals surface area contributed by atoms with E-state index in [-0.39, 0.29) is 36.7 Å². The van der Waals surface area contributed by atoms with Crippen LogP contribution in [0.2, 0.25) is 0 Å². The maximum atomic E-state index is 12.6. The number of hydrogen-bond donors (Lipinski definition) is 1. The number of amides is 5. The summed E-state index contributed by atoms with van der Waals surface area (Å²) < 4.78 is 0. The molecular weight excluding hydrogens is 326 g/mol. The summed E-state index contributed by atoms with van der Waals surface area (Å²) in [5.41, 5.74) is 0. The molecule has 0 aliphatic carbocycles. The van der Waals surface area contributed by atoms with Crippen LogP contribution in [0.4, 0.5) is 4.79 Å². The molecule has 0 spiro atoms. The van der Waals surface area contributed by atoms with Gasteiger partial charge in [0, 0.05) is 45.2 Å². The zero-order valence-corrected chi connectivity index (χ0v) is 14.6. The van der Waals surface area contributed by atoms with Crippen LogP contribution in [-0.4, -0.2) is 103 Å². The molecule has 5 amide bonds. The highest BCUT2D eigenvalue weighted by molar-refractivity contribution is 6.04. The van der Waals surface area contributed by atoms with Crippen LogP contribution in [0.25, 0.3) is 0 Å². The third-order valence-corrected chi connectivity index (χ3v) is 5.24. The van der Waals surface area contributed by atoms with Crippen LogP contribution in [0.5, 0.6) is 0 Å². The van der Waals surface area contributed by atoms with E-state index in [1.54, 1.807) is 4.90 Å². The maximum absolute atomic E-state index is 12.6. The van der Waals surface area contributed by atoms with Crippen molar-refractivity contribution in [1.29, 1.82) is 0 Å². The van der Waals surface area contributed by atoms with Crippen LogP contribution in [-0.2, 0) is 14.4 Å². The Morgan fingerprint density at radius 3 is 2.20 bits per heavy atom. The monoisotopic (exact) mass is 351 g/mol. The van der Waals surface area contributed by atoms with Crippen LogP contribution >= 0.6 is 0 Å². The molecule has 0 atom stereocenters. The summed E-state index contributed by atoms with van der Waals surface area (Å²) in [6.07, 6.45) is 1.27. The third-order valence-electron chi connectivity index (χ3n) is 5.24. The Morgan fingerprint density at radius 2 is 1.64 bits per heavy atom. The van der Waals surface area contributed by atoms with Gasteiger partial charge in [-0.05, 0) is 19.9 Å². The van der Waals surface area contributed by atoms with E-state index in [0.29, 0.717) is 25.9 Å². The summed E-state index contributed by atoms with van der Waals surface area (Å²) in [4.78, 5) is 54.7. The molecule has 0 aromatic carbocycles. The number of likely N-dealkylation sites (tertiary alicyclic amines) is 1. The molecular formula is C16H25N5O4. The van der Waals surface area contributed by atoms with E-state index < -0.39 is 6.03 Å². The first-order valence-electron chi connectivity index (χ1n) is 8.79. The summed E-state index contributed by atoms with van der Waals surface area (Å²) in [6, 6.07) is -0.515. The lowest BCUT2D eigenvalue weighted by Gasteiger charge is -2.37. The second-order valence-electron chi connectivity index (χ2n) is 6.92. The van der Waals surface area contributed by atoms with Crippen LogP contribution in [0.15, 0.2) is 0 Å². The lowest BCUT2D eigenvalue weighted by Crippen LogP contribution is -2.51. The van der Waals surface area contributed by atoms with E-state index in [1.165, 1.54) is 0 Å². The Balaban J connectivity index is 1.46. The number of piperidine rings is 1. The predicted octanol–water partition coefficient (Wildman–Crippen LogP) is -1.45. The standard InChI is InChI=1S/C16H25N5O4/c1-18-6-8-20(9-7-18)15(24)12-2-4-19(5-3-12)14(23)11-21-13(22)10-17-16(21)25/h12H,2-11H2,1H3,(H,17,25). The topological polar surface area (TPSA) is 93.3 Å². The highest BCUT2D eigenvalue weighted by Gasteiger charge is 2.34. The smallest absolute Gasteiger partial charge is 0.325 e. The van der Waals surface area contributed by atoms with Gasteiger partial charge in [-0.25, -0.2) is 4.79 Å². The summed E-state index contributed by atoms with van der Waals surface area (Å²) in [5, 5.41) is 2.40. The molecule has 9 nitrogen and oxygen atoms in total. The van der Waals surface area contributed by atoms with Crippen LogP contribution in [0.3, 0.4) is 0 Å². The minimum absolute atomic E-state index is 0.0378. The molecule has 3 heterocycles. The van der Waals surface area contributed by atoms with Crippen molar-refractivity contribution in [2.24, 2.45) is 5.92 Å². The fourth-order valence-corrected chi connectivity index (χ4v) is 3.51. The second-order valence-corrected chi connectivity index (χ2v) is 6.92. The van der Waals surface area contributed by atoms with Gasteiger partial charge in [0.25, 0.3) is 5.91 Å². The third kappa shape index (κ3) is 3.92. The number of imide groups is 1. The van der Waals surface area contributed by atoms with Gasteiger partial charge < -0.3 is 20.0 Å². The molecule has 0 unspecified atom stereocenters. The van der Waals surface area contributed by atoms with Gasteiger partial charge in [0.05, 0.1) is 6.54 Å². The Hall–Kier alpha value is -2.16. The number of urea groups is 1. The number of rotatable bonds is 3. The van der Waals surface area contributed by atoms with Gasteiger partial charge in [-0.2, -0.15) is 0 Å². The fraction of sp³-hybridized carbons (Fsp3) is 0.750. The summed E-state index contributed by atoms with van der Waals surface area (Å²) in [7, 11) is 2.05. The lowest BCUT2D eigenvalue weighted by atomic mass is 9.95. The summed E-state index contributed by atoms with van der Waals surface area (Å²) in [6.45, 7) is 4.04. The maximum Gasteiger partial charge on any atom is 0.325 e. The molecule has 0 aromatic heterocycles. The molecule has 0 saturated carbocycles. The fourth-order valence-electron chi connectivity index (χ4n) is 3.51. The quantitative estimate of drug-likeness (QED) is 0.628. The number of carbonyl (C=O) groups is 4. The molecule has 0 aromatic rings. The first-order chi connectivity index (χ1) is 12.0. The predicted molar refractivity (Wildman–Crippen MR) is 88.5 cm³/mol. The van der Waals surface area contributed by atoms with Crippen molar-refractivity contribution in [2.45, 2.75) is 12.8 Å². The Bertz CT molecular complexity index is 549. The van der Waals surface area contributed by atoms with Gasteiger partial charge in [-0.3, -0.25) is 19.3 Å². The Kier molecular flexibility index (Phi) is 5.22. The SMILES string of the molecule is CN1CCN(C(=O)C2CCN(C(=O)CN3C(=O)CNC3=O)CC2)CC1. The molecule has 25 heavy (non-hydrogen) atoms. The van der Waals surface area contributed by atoms with E-state index in [0.717, 1.165) is 31.1 Å². The van der Waals surface area contributed by atoms with E-state index in [4.69, 9.17) is 0 Å². The first kappa shape index (κ1) is 17.7. The zero-order valence-electron chi connectivity index (χ0n) is 14.6. The number of carbonyl (C=O) groups excluding carboxylic acids is 4. The first-order valence-corrected chi connectivity index (χ1v) is 8.79. The van der Waals surface area contributed by atoms with Gasteiger partial charge in [-0.1, -0.05) is 0 Å². The average molecular weight is 351 g/mol. The minimum atomic E-state index is -0.515. The van der Waals surface area contributed by atoms with E-state index in [1.807, 2.05) is 4.90 Å². The summed E-state index contributed by atoms with van der Waals surface area (Å²) >= 11 is 0. The van der Waals surface area contributed by atoms with Crippen molar-refractivity contribution in [3.8, 4) is 0 Å². The molecule has 1 N–H and O–H groups in total. The molecule has 9 heteroatoms. The summed E-state index contributed by atoms with van der Waals surface area (Å²) in [5.74, 6) is -0.465. The van der Waals surface area contributed by atoms with Gasteiger partial charge in [-0.15, -0.1) is 0 Å². The van der Waals surface area contributed by atoms with Crippen molar-refractivity contribution in [1.82, 2.24) is 24.9 Å². The number of likely N-dealkylation sites (N-methyl/N-ethyl adjacent to an activating group) is 1. The molecule has 0 radical (unpaired) electrons. The number of nitrogens with zero attached hydrogens (tertiary/aromatic N) is 4. The van der Waals surface area contributed by atoms with Gasteiger partial charge in [0.1, 0.15) is 6.54 Å². The van der Waals surface area contributed by atoms with E-state index in [9.17, 15) is 19.2 Å². The van der Waals surface area contributed by atoms with Crippen molar-refractivity contribution in [3.05, 3.63) is 0 Å². The van der Waals surface area contributed by atoms with Crippen molar-refractivity contribution in [2.75, 3.05) is 59.4 Å². The van der Waals surface area contributed by atoms with Gasteiger partial charge in [0.15, 0.2) is 0 Å². The minimum Gasteiger partial charge on any atom is -0.341 e. The van der Waals surface area contributed by atoms with Crippen molar-refractivity contribution >= 4 is 23.8 Å². The van der Waals surface area contributed by atoms with Gasteiger partial charge in [0.2, 0.25) is 11.8 Å². The normalized spacial score (nSPS) is 23.2. The molecule has 0 bridgehead atoms. The molecule has 3 rings (SSSR count). The highest BCUT2D eigenvalue weighted by Crippen LogP contribution is 2.21. The Morgan fingerprint density at radius 1 is 1.00 bits per heavy atom. The number of hydrogen-bond acceptors (Lipinski definition) is 5. The number of nitrogens with one attached hydrogen (secondary N) is 1. The molecule has 3 aliphatic heterocycles. The van der Waals surface area contributed by atoms with Gasteiger partial charge >= 0.3 is 6.03 Å². The van der Waals surface area contributed by atoms with Crippen LogP contribution in [0, 0.1) is 5.92 Å². The molecule has 3 fully saturated rings. The molecule has 3 saturated heterocycles. The van der Waals surface area contributed by atoms with Crippen LogP contribution < -0.4 is 5.32 Å². The second kappa shape index (κ2) is 7.38.